The number of hydrogen-bond acceptors (Lipinski definition) is 4. The number of piperidine rings is 1. The van der Waals surface area contributed by atoms with E-state index in [0.29, 0.717) is 12.5 Å². The van der Waals surface area contributed by atoms with Gasteiger partial charge in [0.25, 0.3) is 0 Å². The maximum absolute atomic E-state index is 13.2. The van der Waals surface area contributed by atoms with E-state index < -0.39 is 0 Å². The first-order chi connectivity index (χ1) is 10.6. The van der Waals surface area contributed by atoms with Crippen molar-refractivity contribution in [3.63, 3.8) is 0 Å². The summed E-state index contributed by atoms with van der Waals surface area (Å²) in [5.74, 6) is 0.116. The van der Waals surface area contributed by atoms with E-state index in [2.05, 4.69) is 15.3 Å². The standard InChI is InChI=1S/C16H17FN4O/c1-11-10-12(17)5-6-14(11)21-9-2-4-13(15(21)22)20-16-18-7-3-8-19-16/h3,5-8,10,13H,2,4,9H2,1H3,(H,18,19,20)/t13-/m0/s1. The van der Waals surface area contributed by atoms with E-state index in [1.54, 1.807) is 29.4 Å². The highest BCUT2D eigenvalue weighted by atomic mass is 19.1. The van der Waals surface area contributed by atoms with Crippen LogP contribution in [0, 0.1) is 12.7 Å². The van der Waals surface area contributed by atoms with Crippen LogP contribution >= 0.6 is 0 Å². The van der Waals surface area contributed by atoms with Crippen molar-refractivity contribution in [1.82, 2.24) is 9.97 Å². The van der Waals surface area contributed by atoms with Crippen molar-refractivity contribution in [2.24, 2.45) is 0 Å². The molecule has 1 aromatic carbocycles. The van der Waals surface area contributed by atoms with E-state index in [1.165, 1.54) is 12.1 Å². The van der Waals surface area contributed by atoms with Gasteiger partial charge in [-0.05, 0) is 49.6 Å². The molecule has 1 fully saturated rings. The van der Waals surface area contributed by atoms with Gasteiger partial charge in [0, 0.05) is 24.6 Å². The van der Waals surface area contributed by atoms with Gasteiger partial charge in [-0.2, -0.15) is 0 Å². The smallest absolute Gasteiger partial charge is 0.249 e. The number of nitrogens with one attached hydrogen (secondary N) is 1. The zero-order valence-electron chi connectivity index (χ0n) is 12.3. The minimum absolute atomic E-state index is 0.0339. The lowest BCUT2D eigenvalue weighted by Gasteiger charge is -2.33. The Kier molecular flexibility index (Phi) is 4.00. The fraction of sp³-hybridized carbons (Fsp3) is 0.312. The average molecular weight is 300 g/mol. The number of aryl methyl sites for hydroxylation is 1. The van der Waals surface area contributed by atoms with Crippen molar-refractivity contribution < 1.29 is 9.18 Å². The van der Waals surface area contributed by atoms with Crippen LogP contribution < -0.4 is 10.2 Å². The number of benzene rings is 1. The van der Waals surface area contributed by atoms with Crippen LogP contribution in [0.15, 0.2) is 36.7 Å². The molecule has 0 unspecified atom stereocenters. The highest BCUT2D eigenvalue weighted by Gasteiger charge is 2.30. The molecule has 1 amide bonds. The highest BCUT2D eigenvalue weighted by molar-refractivity contribution is 5.99. The molecule has 1 aliphatic heterocycles. The van der Waals surface area contributed by atoms with Crippen LogP contribution in [0.1, 0.15) is 18.4 Å². The van der Waals surface area contributed by atoms with Gasteiger partial charge in [-0.15, -0.1) is 0 Å². The van der Waals surface area contributed by atoms with Crippen LogP contribution in [-0.4, -0.2) is 28.5 Å². The van der Waals surface area contributed by atoms with Crippen LogP contribution in [-0.2, 0) is 4.79 Å². The Morgan fingerprint density at radius 2 is 2.09 bits per heavy atom. The van der Waals surface area contributed by atoms with Gasteiger partial charge in [0.2, 0.25) is 11.9 Å². The number of carbonyl (C=O) groups is 1. The maximum Gasteiger partial charge on any atom is 0.249 e. The molecule has 114 valence electrons. The molecular formula is C16H17FN4O. The van der Waals surface area contributed by atoms with Crippen LogP contribution in [0.2, 0.25) is 0 Å². The van der Waals surface area contributed by atoms with E-state index >= 15 is 0 Å². The molecular weight excluding hydrogens is 283 g/mol. The van der Waals surface area contributed by atoms with Crippen molar-refractivity contribution >= 4 is 17.5 Å². The predicted octanol–water partition coefficient (Wildman–Crippen LogP) is 2.53. The average Bonchev–Trinajstić information content (AvgIpc) is 2.51. The van der Waals surface area contributed by atoms with Crippen molar-refractivity contribution in [3.8, 4) is 0 Å². The number of carbonyl (C=O) groups excluding carboxylic acids is 1. The van der Waals surface area contributed by atoms with Crippen LogP contribution in [0.25, 0.3) is 0 Å². The third-order valence-corrected chi connectivity index (χ3v) is 3.76. The van der Waals surface area contributed by atoms with Gasteiger partial charge in [-0.1, -0.05) is 0 Å². The lowest BCUT2D eigenvalue weighted by atomic mass is 10.0. The molecule has 1 saturated heterocycles. The molecule has 1 atom stereocenters. The number of aromatic nitrogens is 2. The summed E-state index contributed by atoms with van der Waals surface area (Å²) in [4.78, 5) is 22.6. The van der Waals surface area contributed by atoms with Gasteiger partial charge in [0.1, 0.15) is 11.9 Å². The second-order valence-electron chi connectivity index (χ2n) is 5.33. The van der Waals surface area contributed by atoms with Crippen molar-refractivity contribution in [1.29, 1.82) is 0 Å². The Labute approximate surface area is 128 Å². The highest BCUT2D eigenvalue weighted by Crippen LogP contribution is 2.26. The van der Waals surface area contributed by atoms with Gasteiger partial charge in [-0.3, -0.25) is 4.79 Å². The Hall–Kier alpha value is -2.50. The van der Waals surface area contributed by atoms with Crippen LogP contribution in [0.4, 0.5) is 16.0 Å². The molecule has 2 aromatic rings. The van der Waals surface area contributed by atoms with E-state index in [0.717, 1.165) is 24.1 Å². The molecule has 2 heterocycles. The minimum Gasteiger partial charge on any atom is -0.342 e. The number of rotatable bonds is 3. The molecule has 5 nitrogen and oxygen atoms in total. The van der Waals surface area contributed by atoms with E-state index in [9.17, 15) is 9.18 Å². The lowest BCUT2D eigenvalue weighted by Crippen LogP contribution is -2.48. The van der Waals surface area contributed by atoms with Crippen molar-refractivity contribution in [2.75, 3.05) is 16.8 Å². The number of halogens is 1. The summed E-state index contributed by atoms with van der Waals surface area (Å²) < 4.78 is 13.2. The third-order valence-electron chi connectivity index (χ3n) is 3.76. The molecule has 0 bridgehead atoms. The number of hydrogen-bond donors (Lipinski definition) is 1. The summed E-state index contributed by atoms with van der Waals surface area (Å²) in [6, 6.07) is 5.85. The van der Waals surface area contributed by atoms with Gasteiger partial charge in [0.15, 0.2) is 0 Å². The maximum atomic E-state index is 13.2. The molecule has 3 rings (SSSR count). The summed E-state index contributed by atoms with van der Waals surface area (Å²) >= 11 is 0. The molecule has 1 N–H and O–H groups in total. The molecule has 0 radical (unpaired) electrons. The van der Waals surface area contributed by atoms with Gasteiger partial charge >= 0.3 is 0 Å². The second kappa shape index (κ2) is 6.09. The summed E-state index contributed by atoms with van der Waals surface area (Å²) in [5.41, 5.74) is 1.51. The fourth-order valence-electron chi connectivity index (χ4n) is 2.70. The Balaban J connectivity index is 1.80. The van der Waals surface area contributed by atoms with Crippen LogP contribution in [0.3, 0.4) is 0 Å². The molecule has 1 aliphatic rings. The number of anilines is 2. The quantitative estimate of drug-likeness (QED) is 0.946. The largest absolute Gasteiger partial charge is 0.342 e. The monoisotopic (exact) mass is 300 g/mol. The second-order valence-corrected chi connectivity index (χ2v) is 5.33. The van der Waals surface area contributed by atoms with Crippen LogP contribution in [0.5, 0.6) is 0 Å². The normalized spacial score (nSPS) is 18.4. The zero-order chi connectivity index (χ0) is 15.5. The topological polar surface area (TPSA) is 58.1 Å². The third kappa shape index (κ3) is 2.90. The van der Waals surface area contributed by atoms with Gasteiger partial charge < -0.3 is 10.2 Å². The van der Waals surface area contributed by atoms with E-state index in [-0.39, 0.29) is 17.8 Å². The molecule has 6 heteroatoms. The SMILES string of the molecule is Cc1cc(F)ccc1N1CCC[C@H](Nc2ncccn2)C1=O. The zero-order valence-corrected chi connectivity index (χ0v) is 12.3. The molecule has 22 heavy (non-hydrogen) atoms. The van der Waals surface area contributed by atoms with Gasteiger partial charge in [-0.25, -0.2) is 14.4 Å². The first kappa shape index (κ1) is 14.4. The van der Waals surface area contributed by atoms with Crippen molar-refractivity contribution in [2.45, 2.75) is 25.8 Å². The Bertz CT molecular complexity index is 677. The molecule has 0 spiro atoms. The summed E-state index contributed by atoms with van der Waals surface area (Å²) in [6.07, 6.45) is 4.86. The summed E-state index contributed by atoms with van der Waals surface area (Å²) in [7, 11) is 0. The molecule has 0 aliphatic carbocycles. The minimum atomic E-state index is -0.361. The number of nitrogens with zero attached hydrogens (tertiary/aromatic N) is 3. The number of amides is 1. The van der Waals surface area contributed by atoms with Crippen molar-refractivity contribution in [3.05, 3.63) is 48.0 Å². The van der Waals surface area contributed by atoms with Gasteiger partial charge in [0.05, 0.1) is 0 Å². The summed E-state index contributed by atoms with van der Waals surface area (Å²) in [5, 5.41) is 3.07. The Morgan fingerprint density at radius 3 is 2.82 bits per heavy atom. The molecule has 0 saturated carbocycles. The fourth-order valence-corrected chi connectivity index (χ4v) is 2.70. The predicted molar refractivity (Wildman–Crippen MR) is 82.2 cm³/mol. The van der Waals surface area contributed by atoms with E-state index in [1.807, 2.05) is 6.92 Å². The molecule has 1 aromatic heterocycles. The Morgan fingerprint density at radius 1 is 1.32 bits per heavy atom. The first-order valence-electron chi connectivity index (χ1n) is 7.26. The lowest BCUT2D eigenvalue weighted by molar-refractivity contribution is -0.120. The summed E-state index contributed by atoms with van der Waals surface area (Å²) in [6.45, 7) is 2.45. The van der Waals surface area contributed by atoms with E-state index in [4.69, 9.17) is 0 Å². The first-order valence-corrected chi connectivity index (χ1v) is 7.26.